The number of benzene rings is 1. The van der Waals surface area contributed by atoms with Gasteiger partial charge in [0, 0.05) is 35.7 Å². The zero-order valence-corrected chi connectivity index (χ0v) is 14.9. The lowest BCUT2D eigenvalue weighted by molar-refractivity contribution is 0.100. The molecule has 0 atom stereocenters. The van der Waals surface area contributed by atoms with Gasteiger partial charge in [-0.2, -0.15) is 11.8 Å². The average Bonchev–Trinajstić information content (AvgIpc) is 2.50. The maximum atomic E-state index is 11.1. The molecule has 126 valence electrons. The molecular weight excluding hydrogens is 308 g/mol. The van der Waals surface area contributed by atoms with E-state index in [2.05, 4.69) is 31.0 Å². The molecule has 6 heteroatoms. The predicted octanol–water partition coefficient (Wildman–Crippen LogP) is 2.08. The molecule has 1 amide bonds. The number of primary amides is 1. The Morgan fingerprint density at radius 2 is 2.09 bits per heavy atom. The Morgan fingerprint density at radius 1 is 1.39 bits per heavy atom. The number of nitrogens with one attached hydrogen (secondary N) is 1. The molecule has 0 aromatic heterocycles. The van der Waals surface area contributed by atoms with Gasteiger partial charge in [-0.3, -0.25) is 4.79 Å². The smallest absolute Gasteiger partial charge is 0.248 e. The molecule has 0 bridgehead atoms. The van der Waals surface area contributed by atoms with Crippen LogP contribution in [0.25, 0.3) is 0 Å². The minimum absolute atomic E-state index is 0.248. The Morgan fingerprint density at radius 3 is 2.65 bits per heavy atom. The minimum Gasteiger partial charge on any atom is -0.366 e. The van der Waals surface area contributed by atoms with Gasteiger partial charge in [-0.1, -0.05) is 12.1 Å². The molecule has 3 N–H and O–H groups in total. The van der Waals surface area contributed by atoms with E-state index >= 15 is 0 Å². The number of carbonyl (C=O) groups is 1. The number of rotatable bonds is 4. The molecule has 1 aromatic rings. The monoisotopic (exact) mass is 334 g/mol. The van der Waals surface area contributed by atoms with Crippen LogP contribution in [0.5, 0.6) is 0 Å². The first-order valence-electron chi connectivity index (χ1n) is 7.97. The average molecular weight is 334 g/mol. The molecule has 1 aromatic carbocycles. The van der Waals surface area contributed by atoms with Crippen molar-refractivity contribution in [1.82, 2.24) is 10.2 Å². The van der Waals surface area contributed by atoms with Crippen molar-refractivity contribution in [2.75, 3.05) is 25.4 Å². The van der Waals surface area contributed by atoms with E-state index in [9.17, 15) is 4.79 Å². The molecule has 1 heterocycles. The number of nitrogens with zero attached hydrogens (tertiary/aromatic N) is 2. The summed E-state index contributed by atoms with van der Waals surface area (Å²) in [5, 5.41) is 3.38. The molecule has 0 radical (unpaired) electrons. The molecule has 23 heavy (non-hydrogen) atoms. The van der Waals surface area contributed by atoms with Crippen LogP contribution in [0.15, 0.2) is 29.3 Å². The minimum atomic E-state index is -0.401. The first kappa shape index (κ1) is 17.7. The van der Waals surface area contributed by atoms with Gasteiger partial charge in [0.05, 0.1) is 6.54 Å². The van der Waals surface area contributed by atoms with Crippen molar-refractivity contribution in [1.29, 1.82) is 0 Å². The SMILES string of the molecule is CCNC(=NCc1ccc(C(N)=O)cc1)N1CCSC(C)(C)C1. The van der Waals surface area contributed by atoms with Gasteiger partial charge in [0.1, 0.15) is 0 Å². The fourth-order valence-electron chi connectivity index (χ4n) is 2.56. The van der Waals surface area contributed by atoms with E-state index < -0.39 is 5.91 Å². The first-order chi connectivity index (χ1) is 10.9. The Kier molecular flexibility index (Phi) is 5.93. The maximum Gasteiger partial charge on any atom is 0.248 e. The highest BCUT2D eigenvalue weighted by molar-refractivity contribution is 8.00. The lowest BCUT2D eigenvalue weighted by Gasteiger charge is -2.39. The highest BCUT2D eigenvalue weighted by atomic mass is 32.2. The van der Waals surface area contributed by atoms with Crippen molar-refractivity contribution >= 4 is 23.6 Å². The van der Waals surface area contributed by atoms with E-state index in [1.165, 1.54) is 0 Å². The lowest BCUT2D eigenvalue weighted by Crippen LogP contribution is -2.50. The summed E-state index contributed by atoms with van der Waals surface area (Å²) >= 11 is 2.01. The van der Waals surface area contributed by atoms with Crippen LogP contribution in [0, 0.1) is 0 Å². The summed E-state index contributed by atoms with van der Waals surface area (Å²) in [4.78, 5) is 18.2. The number of carbonyl (C=O) groups excluding carboxylic acids is 1. The van der Waals surface area contributed by atoms with Gasteiger partial charge in [-0.15, -0.1) is 0 Å². The third kappa shape index (κ3) is 5.16. The largest absolute Gasteiger partial charge is 0.366 e. The number of amides is 1. The van der Waals surface area contributed by atoms with Crippen molar-refractivity contribution in [3.05, 3.63) is 35.4 Å². The van der Waals surface area contributed by atoms with Gasteiger partial charge in [-0.25, -0.2) is 4.99 Å². The van der Waals surface area contributed by atoms with Crippen LogP contribution in [0.1, 0.15) is 36.7 Å². The summed E-state index contributed by atoms with van der Waals surface area (Å²) < 4.78 is 0.248. The predicted molar refractivity (Wildman–Crippen MR) is 97.9 cm³/mol. The molecule has 1 fully saturated rings. The molecule has 1 saturated heterocycles. The normalized spacial score (nSPS) is 17.9. The second kappa shape index (κ2) is 7.73. The van der Waals surface area contributed by atoms with E-state index in [4.69, 9.17) is 10.7 Å². The van der Waals surface area contributed by atoms with E-state index in [-0.39, 0.29) is 4.75 Å². The van der Waals surface area contributed by atoms with E-state index in [0.717, 1.165) is 36.9 Å². The molecule has 2 rings (SSSR count). The Balaban J connectivity index is 2.07. The van der Waals surface area contributed by atoms with Crippen LogP contribution in [-0.2, 0) is 6.54 Å². The van der Waals surface area contributed by atoms with Crippen molar-refractivity contribution in [2.45, 2.75) is 32.1 Å². The Labute approximate surface area is 142 Å². The quantitative estimate of drug-likeness (QED) is 0.653. The highest BCUT2D eigenvalue weighted by Crippen LogP contribution is 2.29. The summed E-state index contributed by atoms with van der Waals surface area (Å²) in [5.41, 5.74) is 6.86. The summed E-state index contributed by atoms with van der Waals surface area (Å²) in [7, 11) is 0. The maximum absolute atomic E-state index is 11.1. The van der Waals surface area contributed by atoms with E-state index in [1.54, 1.807) is 12.1 Å². The number of thioether (sulfide) groups is 1. The van der Waals surface area contributed by atoms with Crippen LogP contribution >= 0.6 is 11.8 Å². The third-order valence-electron chi connectivity index (χ3n) is 3.71. The molecule has 1 aliphatic heterocycles. The van der Waals surface area contributed by atoms with Crippen molar-refractivity contribution in [2.24, 2.45) is 10.7 Å². The van der Waals surface area contributed by atoms with Gasteiger partial charge < -0.3 is 16.0 Å². The molecule has 0 saturated carbocycles. The molecule has 1 aliphatic rings. The summed E-state index contributed by atoms with van der Waals surface area (Å²) in [6, 6.07) is 7.31. The Hall–Kier alpha value is -1.69. The van der Waals surface area contributed by atoms with Crippen LogP contribution in [0.4, 0.5) is 0 Å². The van der Waals surface area contributed by atoms with Crippen molar-refractivity contribution < 1.29 is 4.79 Å². The number of hydrogen-bond donors (Lipinski definition) is 2. The fraction of sp³-hybridized carbons (Fsp3) is 0.529. The van der Waals surface area contributed by atoms with Crippen LogP contribution in [-0.4, -0.2) is 46.9 Å². The second-order valence-electron chi connectivity index (χ2n) is 6.26. The zero-order chi connectivity index (χ0) is 16.9. The van der Waals surface area contributed by atoms with Crippen molar-refractivity contribution in [3.63, 3.8) is 0 Å². The molecule has 0 aliphatic carbocycles. The highest BCUT2D eigenvalue weighted by Gasteiger charge is 2.28. The lowest BCUT2D eigenvalue weighted by atomic mass is 10.1. The summed E-state index contributed by atoms with van der Waals surface area (Å²) in [5.74, 6) is 1.67. The summed E-state index contributed by atoms with van der Waals surface area (Å²) in [6.07, 6.45) is 0. The van der Waals surface area contributed by atoms with E-state index in [0.29, 0.717) is 12.1 Å². The fourth-order valence-corrected chi connectivity index (χ4v) is 3.68. The topological polar surface area (TPSA) is 70.7 Å². The molecule has 0 unspecified atom stereocenters. The Bertz CT molecular complexity index is 568. The van der Waals surface area contributed by atoms with Crippen molar-refractivity contribution in [3.8, 4) is 0 Å². The van der Waals surface area contributed by atoms with Gasteiger partial charge in [0.15, 0.2) is 5.96 Å². The van der Waals surface area contributed by atoms with Gasteiger partial charge >= 0.3 is 0 Å². The van der Waals surface area contributed by atoms with E-state index in [1.807, 2.05) is 23.9 Å². The first-order valence-corrected chi connectivity index (χ1v) is 8.96. The van der Waals surface area contributed by atoms with Crippen LogP contribution in [0.3, 0.4) is 0 Å². The second-order valence-corrected chi connectivity index (χ2v) is 8.06. The van der Waals surface area contributed by atoms with Gasteiger partial charge in [0.25, 0.3) is 0 Å². The number of guanidine groups is 1. The van der Waals surface area contributed by atoms with Gasteiger partial charge in [-0.05, 0) is 38.5 Å². The van der Waals surface area contributed by atoms with Crippen LogP contribution < -0.4 is 11.1 Å². The number of aliphatic imine (C=N–C) groups is 1. The standard InChI is InChI=1S/C17H26N4OS/c1-4-19-16(21-9-10-23-17(2,3)12-21)20-11-13-5-7-14(8-6-13)15(18)22/h5-8H,4,9-12H2,1-3H3,(H2,18,22)(H,19,20). The number of hydrogen-bond acceptors (Lipinski definition) is 3. The third-order valence-corrected chi connectivity index (χ3v) is 5.01. The number of nitrogens with two attached hydrogens (primary N) is 1. The molecular formula is C17H26N4OS. The zero-order valence-electron chi connectivity index (χ0n) is 14.1. The summed E-state index contributed by atoms with van der Waals surface area (Å²) in [6.45, 7) is 10.1. The van der Waals surface area contributed by atoms with Gasteiger partial charge in [0.2, 0.25) is 5.91 Å². The molecule has 5 nitrogen and oxygen atoms in total. The van der Waals surface area contributed by atoms with Crippen LogP contribution in [0.2, 0.25) is 0 Å². The molecule has 0 spiro atoms.